The highest BCUT2D eigenvalue weighted by atomic mass is 32.2. The van der Waals surface area contributed by atoms with E-state index in [1.165, 1.54) is 11.1 Å². The van der Waals surface area contributed by atoms with Gasteiger partial charge in [0.05, 0.1) is 27.7 Å². The van der Waals surface area contributed by atoms with Crippen LogP contribution in [0.4, 0.5) is 0 Å². The summed E-state index contributed by atoms with van der Waals surface area (Å²) in [6, 6.07) is 27.8. The minimum atomic E-state index is -3.23. The fourth-order valence-electron chi connectivity index (χ4n) is 6.18. The molecule has 0 saturated heterocycles. The van der Waals surface area contributed by atoms with Gasteiger partial charge in [-0.3, -0.25) is 0 Å². The smallest absolute Gasteiger partial charge is 0.150 e. The third kappa shape index (κ3) is 6.49. The predicted molar refractivity (Wildman–Crippen MR) is 151 cm³/mol. The van der Waals surface area contributed by atoms with Crippen LogP contribution in [0.15, 0.2) is 60.7 Å². The largest absolute Gasteiger partial charge is 0.229 e. The molecule has 0 aliphatic rings. The zero-order valence-corrected chi connectivity index (χ0v) is 24.6. The first kappa shape index (κ1) is 28.1. The van der Waals surface area contributed by atoms with Crippen molar-refractivity contribution in [1.29, 1.82) is 0 Å². The number of rotatable bonds is 14. The molecule has 2 unspecified atom stereocenters. The van der Waals surface area contributed by atoms with Crippen LogP contribution in [0, 0.1) is 0 Å². The van der Waals surface area contributed by atoms with E-state index in [1.807, 2.05) is 12.1 Å². The van der Waals surface area contributed by atoms with Gasteiger partial charge in [-0.25, -0.2) is 8.42 Å². The van der Waals surface area contributed by atoms with E-state index in [2.05, 4.69) is 90.1 Å². The van der Waals surface area contributed by atoms with Gasteiger partial charge in [-0.15, -0.1) is 0 Å². The van der Waals surface area contributed by atoms with Gasteiger partial charge >= 0.3 is 0 Å². The monoisotopic (exact) mass is 502 g/mol. The summed E-state index contributed by atoms with van der Waals surface area (Å²) in [6.07, 6.45) is 0. The zero-order chi connectivity index (χ0) is 24.5. The lowest BCUT2D eigenvalue weighted by Gasteiger charge is -2.40. The molecule has 2 aromatic carbocycles. The second kappa shape index (κ2) is 12.5. The Hall–Kier alpha value is -1.18. The van der Waals surface area contributed by atoms with Crippen molar-refractivity contribution in [3.8, 4) is 0 Å². The van der Waals surface area contributed by atoms with E-state index in [-0.39, 0.29) is 11.1 Å². The van der Waals surface area contributed by atoms with Gasteiger partial charge in [-0.05, 0) is 22.2 Å². The van der Waals surface area contributed by atoms with E-state index in [1.54, 1.807) is 0 Å². The normalized spacial score (nSPS) is 14.7. The first-order valence-electron chi connectivity index (χ1n) is 13.1. The molecule has 2 nitrogen and oxygen atoms in total. The van der Waals surface area contributed by atoms with Crippen molar-refractivity contribution >= 4 is 26.0 Å². The Bertz CT molecular complexity index is 833. The molecule has 0 spiro atoms. The van der Waals surface area contributed by atoms with Gasteiger partial charge in [0.25, 0.3) is 0 Å². The highest BCUT2D eigenvalue weighted by molar-refractivity contribution is 7.91. The first-order valence-corrected chi connectivity index (χ1v) is 20.3. The minimum Gasteiger partial charge on any atom is -0.229 e. The lowest BCUT2D eigenvalue weighted by Crippen LogP contribution is -2.46. The van der Waals surface area contributed by atoms with E-state index in [0.717, 1.165) is 36.3 Å². The van der Waals surface area contributed by atoms with Crippen molar-refractivity contribution in [2.24, 2.45) is 0 Å². The van der Waals surface area contributed by atoms with Crippen LogP contribution in [0.3, 0.4) is 0 Å². The first-order chi connectivity index (χ1) is 15.8. The molecule has 2 atom stereocenters. The van der Waals surface area contributed by atoms with Gasteiger partial charge in [-0.1, -0.05) is 138 Å². The highest BCUT2D eigenvalue weighted by Crippen LogP contribution is 2.40. The molecular weight excluding hydrogens is 457 g/mol. The van der Waals surface area contributed by atoms with Crippen LogP contribution in [-0.4, -0.2) is 36.1 Å². The molecule has 5 heteroatoms. The molecule has 0 amide bonds. The van der Waals surface area contributed by atoms with Gasteiger partial charge in [0.1, 0.15) is 0 Å². The standard InChI is InChI=1S/C28H46O2SSi2/c1-7-32(8-2,9-3)27(25-19-15-13-16-20-25)23-31(29,30)24-28(26-21-17-14-18-22-26)33(10-4,11-5)12-6/h13-22,27-28H,7-12,23-24H2,1-6H3. The van der Waals surface area contributed by atoms with Gasteiger partial charge in [-0.2, -0.15) is 0 Å². The van der Waals surface area contributed by atoms with E-state index in [0.29, 0.717) is 11.5 Å². The number of benzene rings is 2. The van der Waals surface area contributed by atoms with Gasteiger partial charge in [0.15, 0.2) is 9.84 Å². The van der Waals surface area contributed by atoms with Crippen molar-refractivity contribution in [2.45, 2.75) is 88.9 Å². The summed E-state index contributed by atoms with van der Waals surface area (Å²) in [5.74, 6) is 0.618. The van der Waals surface area contributed by atoms with E-state index in [4.69, 9.17) is 0 Å². The fourth-order valence-corrected chi connectivity index (χ4v) is 19.8. The van der Waals surface area contributed by atoms with Crippen LogP contribution in [0.1, 0.15) is 63.8 Å². The molecule has 0 aliphatic carbocycles. The molecule has 0 aliphatic heterocycles. The Kier molecular flexibility index (Phi) is 10.6. The Labute approximate surface area is 206 Å². The SMILES string of the molecule is CC[Si](CC)(CC)C(CS(=O)(=O)CC(c1ccccc1)[Si](CC)(CC)CC)c1ccccc1. The Balaban J connectivity index is 2.51. The third-order valence-corrected chi connectivity index (χ3v) is 23.7. The lowest BCUT2D eigenvalue weighted by atomic mass is 10.2. The van der Waals surface area contributed by atoms with Crippen molar-refractivity contribution in [3.05, 3.63) is 71.8 Å². The Morgan fingerprint density at radius 2 is 0.818 bits per heavy atom. The van der Waals surface area contributed by atoms with Crippen molar-refractivity contribution in [1.82, 2.24) is 0 Å². The van der Waals surface area contributed by atoms with Crippen LogP contribution in [0.2, 0.25) is 36.3 Å². The maximum Gasteiger partial charge on any atom is 0.150 e. The van der Waals surface area contributed by atoms with E-state index >= 15 is 0 Å². The third-order valence-electron chi connectivity index (χ3n) is 8.95. The summed E-state index contributed by atoms with van der Waals surface area (Å²) in [6.45, 7) is 13.7. The maximum atomic E-state index is 14.0. The topological polar surface area (TPSA) is 34.1 Å². The molecule has 2 aromatic rings. The Morgan fingerprint density at radius 3 is 1.06 bits per heavy atom. The summed E-state index contributed by atoms with van der Waals surface area (Å²) >= 11 is 0. The molecule has 2 rings (SSSR count). The van der Waals surface area contributed by atoms with Crippen LogP contribution >= 0.6 is 0 Å². The zero-order valence-electron chi connectivity index (χ0n) is 21.8. The molecule has 0 bridgehead atoms. The average molecular weight is 503 g/mol. The summed E-state index contributed by atoms with van der Waals surface area (Å²) in [5.41, 5.74) is 2.81. The molecule has 0 saturated carbocycles. The summed E-state index contributed by atoms with van der Waals surface area (Å²) in [4.78, 5) is 0. The quantitative estimate of drug-likeness (QED) is 0.245. The number of sulfone groups is 1. The van der Waals surface area contributed by atoms with Gasteiger partial charge < -0.3 is 0 Å². The number of hydrogen-bond acceptors (Lipinski definition) is 2. The molecule has 0 fully saturated rings. The average Bonchev–Trinajstić information content (AvgIpc) is 2.86. The molecule has 33 heavy (non-hydrogen) atoms. The number of hydrogen-bond donors (Lipinski definition) is 0. The molecule has 0 N–H and O–H groups in total. The lowest BCUT2D eigenvalue weighted by molar-refractivity contribution is 0.591. The summed E-state index contributed by atoms with van der Waals surface area (Å²) < 4.78 is 28.1. The van der Waals surface area contributed by atoms with Crippen LogP contribution in [0.5, 0.6) is 0 Å². The molecule has 0 aromatic heterocycles. The van der Waals surface area contributed by atoms with Gasteiger partial charge in [0.2, 0.25) is 0 Å². The van der Waals surface area contributed by atoms with Crippen molar-refractivity contribution in [3.63, 3.8) is 0 Å². The van der Waals surface area contributed by atoms with Crippen molar-refractivity contribution in [2.75, 3.05) is 11.5 Å². The van der Waals surface area contributed by atoms with Crippen LogP contribution in [-0.2, 0) is 9.84 Å². The predicted octanol–water partition coefficient (Wildman–Crippen LogP) is 8.06. The Morgan fingerprint density at radius 1 is 0.545 bits per heavy atom. The second-order valence-electron chi connectivity index (χ2n) is 9.85. The summed E-state index contributed by atoms with van der Waals surface area (Å²) in [5, 5.41) is 0. The highest BCUT2D eigenvalue weighted by Gasteiger charge is 2.43. The minimum absolute atomic E-state index is 0.168. The summed E-state index contributed by atoms with van der Waals surface area (Å²) in [7, 11) is -6.77. The molecule has 0 heterocycles. The van der Waals surface area contributed by atoms with E-state index < -0.39 is 26.0 Å². The molecule has 184 valence electrons. The molecule has 0 radical (unpaired) electrons. The van der Waals surface area contributed by atoms with Crippen LogP contribution in [0.25, 0.3) is 0 Å². The molecular formula is C28H46O2SSi2. The van der Waals surface area contributed by atoms with Gasteiger partial charge in [0, 0.05) is 0 Å². The van der Waals surface area contributed by atoms with E-state index in [9.17, 15) is 8.42 Å². The maximum absolute atomic E-state index is 14.0. The second-order valence-corrected chi connectivity index (χ2v) is 23.1. The van der Waals surface area contributed by atoms with Crippen molar-refractivity contribution < 1.29 is 8.42 Å². The van der Waals surface area contributed by atoms with Crippen LogP contribution < -0.4 is 0 Å². The fraction of sp³-hybridized carbons (Fsp3) is 0.571.